The monoisotopic (exact) mass is 277 g/mol. The van der Waals surface area contributed by atoms with E-state index in [9.17, 15) is 4.39 Å². The van der Waals surface area contributed by atoms with E-state index < -0.39 is 0 Å². The third kappa shape index (κ3) is 2.75. The Morgan fingerprint density at radius 1 is 1.40 bits per heavy atom. The average molecular weight is 277 g/mol. The number of halogens is 1. The van der Waals surface area contributed by atoms with Crippen molar-refractivity contribution in [1.82, 2.24) is 5.32 Å². The molecule has 4 atom stereocenters. The van der Waals surface area contributed by atoms with Gasteiger partial charge in [0.2, 0.25) is 0 Å². The number of likely N-dealkylation sites (N-methyl/N-ethyl adjacent to an activating group) is 1. The van der Waals surface area contributed by atoms with Crippen molar-refractivity contribution >= 4 is 0 Å². The fourth-order valence-corrected chi connectivity index (χ4v) is 3.83. The zero-order valence-corrected chi connectivity index (χ0v) is 12.4. The normalized spacial score (nSPS) is 29.9. The van der Waals surface area contributed by atoms with Crippen LogP contribution >= 0.6 is 0 Å². The molecule has 0 spiro atoms. The Hall–Kier alpha value is -0.930. The van der Waals surface area contributed by atoms with Crippen LogP contribution < -0.4 is 5.32 Å². The van der Waals surface area contributed by atoms with Gasteiger partial charge in [0.05, 0.1) is 12.2 Å². The molecule has 2 bridgehead atoms. The molecule has 4 unspecified atom stereocenters. The third-order valence-electron chi connectivity index (χ3n) is 4.89. The van der Waals surface area contributed by atoms with Crippen molar-refractivity contribution in [3.8, 4) is 0 Å². The van der Waals surface area contributed by atoms with E-state index in [2.05, 4.69) is 19.2 Å². The van der Waals surface area contributed by atoms with Crippen LogP contribution in [0.5, 0.6) is 0 Å². The van der Waals surface area contributed by atoms with E-state index in [0.29, 0.717) is 24.2 Å². The zero-order valence-electron chi connectivity index (χ0n) is 12.4. The first-order chi connectivity index (χ1) is 9.67. The molecule has 2 aliphatic heterocycles. The predicted molar refractivity (Wildman–Crippen MR) is 78.3 cm³/mol. The Kier molecular flexibility index (Phi) is 4.08. The highest BCUT2D eigenvalue weighted by atomic mass is 19.1. The van der Waals surface area contributed by atoms with Gasteiger partial charge in [0.15, 0.2) is 0 Å². The van der Waals surface area contributed by atoms with Gasteiger partial charge in [-0.2, -0.15) is 0 Å². The summed E-state index contributed by atoms with van der Waals surface area (Å²) in [6, 6.07) is 5.51. The number of hydrogen-bond acceptors (Lipinski definition) is 2. The average Bonchev–Trinajstić information content (AvgIpc) is 3.05. The van der Waals surface area contributed by atoms with Crippen molar-refractivity contribution in [3.63, 3.8) is 0 Å². The second-order valence-electron chi connectivity index (χ2n) is 6.21. The second-order valence-corrected chi connectivity index (χ2v) is 6.21. The number of aryl methyl sites for hydroxylation is 1. The Bertz CT molecular complexity index is 476. The summed E-state index contributed by atoms with van der Waals surface area (Å²) in [5.41, 5.74) is 2.30. The number of rotatable bonds is 5. The molecule has 20 heavy (non-hydrogen) atoms. The SMILES string of the molecule is CCNC(Cc1cc(F)ccc1C)C1CC2CCC1O2. The lowest BCUT2D eigenvalue weighted by Crippen LogP contribution is -2.42. The van der Waals surface area contributed by atoms with E-state index in [1.54, 1.807) is 12.1 Å². The molecule has 0 radical (unpaired) electrons. The largest absolute Gasteiger partial charge is 0.375 e. The smallest absolute Gasteiger partial charge is 0.123 e. The summed E-state index contributed by atoms with van der Waals surface area (Å²) in [5, 5.41) is 3.60. The lowest BCUT2D eigenvalue weighted by atomic mass is 9.81. The summed E-state index contributed by atoms with van der Waals surface area (Å²) >= 11 is 0. The third-order valence-corrected chi connectivity index (χ3v) is 4.89. The molecule has 110 valence electrons. The van der Waals surface area contributed by atoms with E-state index in [-0.39, 0.29) is 5.82 Å². The summed E-state index contributed by atoms with van der Waals surface area (Å²) in [7, 11) is 0. The van der Waals surface area contributed by atoms with E-state index in [4.69, 9.17) is 4.74 Å². The molecule has 0 aromatic heterocycles. The summed E-state index contributed by atoms with van der Waals surface area (Å²) < 4.78 is 19.5. The fourth-order valence-electron chi connectivity index (χ4n) is 3.83. The van der Waals surface area contributed by atoms with Gasteiger partial charge in [-0.1, -0.05) is 13.0 Å². The van der Waals surface area contributed by atoms with Crippen molar-refractivity contribution in [2.45, 2.75) is 57.8 Å². The number of fused-ring (bicyclic) bond motifs is 2. The van der Waals surface area contributed by atoms with Gasteiger partial charge in [-0.15, -0.1) is 0 Å². The maximum absolute atomic E-state index is 13.5. The Morgan fingerprint density at radius 3 is 2.90 bits per heavy atom. The molecule has 1 aromatic rings. The van der Waals surface area contributed by atoms with Crippen LogP contribution in [-0.2, 0) is 11.2 Å². The van der Waals surface area contributed by atoms with Crippen molar-refractivity contribution in [2.24, 2.45) is 5.92 Å². The van der Waals surface area contributed by atoms with Crippen LogP contribution in [0.2, 0.25) is 0 Å². The van der Waals surface area contributed by atoms with Gasteiger partial charge in [0.25, 0.3) is 0 Å². The van der Waals surface area contributed by atoms with E-state index in [1.807, 2.05) is 6.07 Å². The standard InChI is InChI=1S/C17H24FNO/c1-3-19-16(15-10-14-6-7-17(15)20-14)9-12-8-13(18)5-4-11(12)2/h4-5,8,14-17,19H,3,6-7,9-10H2,1-2H3. The topological polar surface area (TPSA) is 21.3 Å². The molecule has 3 heteroatoms. The van der Waals surface area contributed by atoms with Crippen molar-refractivity contribution < 1.29 is 9.13 Å². The molecular weight excluding hydrogens is 253 g/mol. The van der Waals surface area contributed by atoms with E-state index >= 15 is 0 Å². The minimum absolute atomic E-state index is 0.134. The van der Waals surface area contributed by atoms with E-state index in [0.717, 1.165) is 24.9 Å². The Morgan fingerprint density at radius 2 is 2.25 bits per heavy atom. The van der Waals surface area contributed by atoms with Gasteiger partial charge in [0, 0.05) is 12.0 Å². The summed E-state index contributed by atoms with van der Waals surface area (Å²) in [4.78, 5) is 0. The number of hydrogen-bond donors (Lipinski definition) is 1. The van der Waals surface area contributed by atoms with Crippen LogP contribution in [0.3, 0.4) is 0 Å². The van der Waals surface area contributed by atoms with Crippen LogP contribution in [0.4, 0.5) is 4.39 Å². The van der Waals surface area contributed by atoms with Crippen LogP contribution in [0.25, 0.3) is 0 Å². The molecule has 0 amide bonds. The highest BCUT2D eigenvalue weighted by Gasteiger charge is 2.44. The second kappa shape index (κ2) is 5.82. The maximum Gasteiger partial charge on any atom is 0.123 e. The molecular formula is C17H24FNO. The fraction of sp³-hybridized carbons (Fsp3) is 0.647. The van der Waals surface area contributed by atoms with Gasteiger partial charge in [-0.05, 0) is 62.4 Å². The Labute approximate surface area is 120 Å². The summed E-state index contributed by atoms with van der Waals surface area (Å²) in [5.74, 6) is 0.446. The van der Waals surface area contributed by atoms with Gasteiger partial charge < -0.3 is 10.1 Å². The molecule has 2 saturated heterocycles. The lowest BCUT2D eigenvalue weighted by molar-refractivity contribution is 0.0858. The molecule has 1 aromatic carbocycles. The summed E-state index contributed by atoms with van der Waals surface area (Å²) in [6.07, 6.45) is 5.36. The summed E-state index contributed by atoms with van der Waals surface area (Å²) in [6.45, 7) is 5.15. The van der Waals surface area contributed by atoms with E-state index in [1.165, 1.54) is 18.4 Å². The van der Waals surface area contributed by atoms with Gasteiger partial charge in [-0.3, -0.25) is 0 Å². The zero-order chi connectivity index (χ0) is 14.1. The van der Waals surface area contributed by atoms with Gasteiger partial charge in [0.1, 0.15) is 5.82 Å². The lowest BCUT2D eigenvalue weighted by Gasteiger charge is -2.29. The number of ether oxygens (including phenoxy) is 1. The molecule has 2 nitrogen and oxygen atoms in total. The molecule has 2 heterocycles. The van der Waals surface area contributed by atoms with Gasteiger partial charge >= 0.3 is 0 Å². The minimum Gasteiger partial charge on any atom is -0.375 e. The Balaban J connectivity index is 1.75. The van der Waals surface area contributed by atoms with Crippen LogP contribution in [0.15, 0.2) is 18.2 Å². The van der Waals surface area contributed by atoms with Crippen LogP contribution in [0.1, 0.15) is 37.3 Å². The number of benzene rings is 1. The van der Waals surface area contributed by atoms with Crippen LogP contribution in [-0.4, -0.2) is 24.8 Å². The predicted octanol–water partition coefficient (Wildman–Crippen LogP) is 3.22. The van der Waals surface area contributed by atoms with Crippen molar-refractivity contribution in [1.29, 1.82) is 0 Å². The number of nitrogens with one attached hydrogen (secondary N) is 1. The first-order valence-corrected chi connectivity index (χ1v) is 7.81. The molecule has 2 fully saturated rings. The van der Waals surface area contributed by atoms with Crippen molar-refractivity contribution in [2.75, 3.05) is 6.54 Å². The quantitative estimate of drug-likeness (QED) is 0.892. The molecule has 0 saturated carbocycles. The van der Waals surface area contributed by atoms with Crippen molar-refractivity contribution in [3.05, 3.63) is 35.1 Å². The first-order valence-electron chi connectivity index (χ1n) is 7.81. The van der Waals surface area contributed by atoms with Gasteiger partial charge in [-0.25, -0.2) is 4.39 Å². The molecule has 3 rings (SSSR count). The highest BCUT2D eigenvalue weighted by Crippen LogP contribution is 2.41. The molecule has 2 aliphatic rings. The molecule has 0 aliphatic carbocycles. The minimum atomic E-state index is -0.134. The maximum atomic E-state index is 13.5. The molecule has 1 N–H and O–H groups in total. The highest BCUT2D eigenvalue weighted by molar-refractivity contribution is 5.27. The first kappa shape index (κ1) is 14.0. The van der Waals surface area contributed by atoms with Crippen LogP contribution in [0, 0.1) is 18.7 Å².